The van der Waals surface area contributed by atoms with Gasteiger partial charge in [-0.25, -0.2) is 0 Å². The van der Waals surface area contributed by atoms with Crippen LogP contribution in [0.5, 0.6) is 0 Å². The van der Waals surface area contributed by atoms with Gasteiger partial charge in [-0.1, -0.05) is 6.92 Å². The van der Waals surface area contributed by atoms with Gasteiger partial charge in [-0.2, -0.15) is 0 Å². The summed E-state index contributed by atoms with van der Waals surface area (Å²) in [6, 6.07) is 0. The van der Waals surface area contributed by atoms with E-state index in [0.29, 0.717) is 6.42 Å². The van der Waals surface area contributed by atoms with E-state index in [1.807, 2.05) is 0 Å². The molecular weight excluding hydrogens is 196 g/mol. The normalized spacial score (nSPS) is 20.8. The predicted molar refractivity (Wildman–Crippen MR) is 58.5 cm³/mol. The van der Waals surface area contributed by atoms with Crippen molar-refractivity contribution in [2.45, 2.75) is 70.4 Å². The zero-order valence-electron chi connectivity index (χ0n) is 10.1. The summed E-state index contributed by atoms with van der Waals surface area (Å²) < 4.78 is 0. The monoisotopic (exact) mass is 220 g/mol. The Labute approximate surface area is 91.6 Å². The average molecular weight is 220 g/mol. The lowest BCUT2D eigenvalue weighted by Gasteiger charge is -2.31. The number of aliphatic hydroxyl groups excluding tert-OH is 2. The van der Waals surface area contributed by atoms with Gasteiger partial charge >= 0.3 is 0 Å². The van der Waals surface area contributed by atoms with Crippen LogP contribution >= 0.6 is 0 Å². The van der Waals surface area contributed by atoms with Crippen LogP contribution < -0.4 is 0 Å². The van der Waals surface area contributed by atoms with E-state index in [1.165, 1.54) is 20.8 Å². The molecule has 0 aliphatic carbocycles. The Balaban J connectivity index is 4.15. The van der Waals surface area contributed by atoms with Crippen LogP contribution in [-0.4, -0.2) is 43.8 Å². The molecule has 0 aliphatic heterocycles. The minimum Gasteiger partial charge on any atom is -0.390 e. The largest absolute Gasteiger partial charge is 0.390 e. The third-order valence-electron chi connectivity index (χ3n) is 2.84. The molecule has 0 aromatic carbocycles. The van der Waals surface area contributed by atoms with Crippen molar-refractivity contribution < 1.29 is 20.4 Å². The van der Waals surface area contributed by atoms with Crippen molar-refractivity contribution in [1.82, 2.24) is 0 Å². The fourth-order valence-electron chi connectivity index (χ4n) is 1.39. The molecule has 3 atom stereocenters. The van der Waals surface area contributed by atoms with Gasteiger partial charge in [0.1, 0.15) is 0 Å². The summed E-state index contributed by atoms with van der Waals surface area (Å²) in [5, 5.41) is 38.4. The zero-order valence-corrected chi connectivity index (χ0v) is 10.1. The fourth-order valence-corrected chi connectivity index (χ4v) is 1.39. The summed E-state index contributed by atoms with van der Waals surface area (Å²) in [6.45, 7) is 6.36. The van der Waals surface area contributed by atoms with Crippen LogP contribution in [0.1, 0.15) is 47.0 Å². The quantitative estimate of drug-likeness (QED) is 0.523. The van der Waals surface area contributed by atoms with Gasteiger partial charge in [-0.15, -0.1) is 0 Å². The third-order valence-corrected chi connectivity index (χ3v) is 2.84. The minimum atomic E-state index is -1.21. The lowest BCUT2D eigenvalue weighted by molar-refractivity contribution is -0.0935. The van der Waals surface area contributed by atoms with Gasteiger partial charge in [0, 0.05) is 0 Å². The molecule has 4 N–H and O–H groups in total. The smallest absolute Gasteiger partial charge is 0.0878 e. The Morgan fingerprint density at radius 3 is 1.80 bits per heavy atom. The molecule has 4 nitrogen and oxygen atoms in total. The van der Waals surface area contributed by atoms with E-state index in [9.17, 15) is 20.4 Å². The highest BCUT2D eigenvalue weighted by atomic mass is 16.3. The molecule has 0 saturated heterocycles. The van der Waals surface area contributed by atoms with Gasteiger partial charge in [0.15, 0.2) is 0 Å². The Hall–Kier alpha value is -0.160. The zero-order chi connectivity index (χ0) is 12.3. The highest BCUT2D eigenvalue weighted by Crippen LogP contribution is 2.23. The van der Waals surface area contributed by atoms with Gasteiger partial charge in [-0.05, 0) is 40.0 Å². The van der Waals surface area contributed by atoms with Crippen molar-refractivity contribution in [3.05, 3.63) is 0 Å². The number of hydrogen-bond acceptors (Lipinski definition) is 4. The first kappa shape index (κ1) is 14.8. The van der Waals surface area contributed by atoms with Gasteiger partial charge in [0.2, 0.25) is 0 Å². The Bertz CT molecular complexity index is 184. The highest BCUT2D eigenvalue weighted by Gasteiger charge is 2.32. The van der Waals surface area contributed by atoms with Crippen LogP contribution in [0.3, 0.4) is 0 Å². The van der Waals surface area contributed by atoms with E-state index in [-0.39, 0.29) is 12.8 Å². The average Bonchev–Trinajstić information content (AvgIpc) is 2.11. The van der Waals surface area contributed by atoms with E-state index < -0.39 is 23.4 Å². The number of rotatable bonds is 6. The molecule has 4 heteroatoms. The molecular formula is C11H24O4. The predicted octanol–water partition coefficient (Wildman–Crippen LogP) is 0.420. The summed E-state index contributed by atoms with van der Waals surface area (Å²) in [7, 11) is 0. The van der Waals surface area contributed by atoms with Crippen LogP contribution in [0.25, 0.3) is 0 Å². The first-order valence-corrected chi connectivity index (χ1v) is 5.42. The van der Waals surface area contributed by atoms with Crippen LogP contribution in [0.2, 0.25) is 0 Å². The van der Waals surface area contributed by atoms with Crippen LogP contribution in [0.4, 0.5) is 0 Å². The molecule has 0 radical (unpaired) electrons. The van der Waals surface area contributed by atoms with E-state index in [0.717, 1.165) is 0 Å². The Morgan fingerprint density at radius 1 is 1.00 bits per heavy atom. The topological polar surface area (TPSA) is 80.9 Å². The Kier molecular flexibility index (Phi) is 5.20. The van der Waals surface area contributed by atoms with Crippen molar-refractivity contribution >= 4 is 0 Å². The lowest BCUT2D eigenvalue weighted by Crippen LogP contribution is -2.42. The molecule has 0 saturated carbocycles. The second kappa shape index (κ2) is 5.25. The summed E-state index contributed by atoms with van der Waals surface area (Å²) in [5.41, 5.74) is -2.38. The van der Waals surface area contributed by atoms with Gasteiger partial charge in [0.05, 0.1) is 23.4 Å². The van der Waals surface area contributed by atoms with Crippen LogP contribution in [0.15, 0.2) is 0 Å². The number of hydrogen-bond donors (Lipinski definition) is 4. The molecule has 0 fully saturated rings. The lowest BCUT2D eigenvalue weighted by atomic mass is 9.87. The van der Waals surface area contributed by atoms with Crippen molar-refractivity contribution in [2.75, 3.05) is 0 Å². The summed E-state index contributed by atoms with van der Waals surface area (Å²) in [5.74, 6) is 0. The summed E-state index contributed by atoms with van der Waals surface area (Å²) in [4.78, 5) is 0. The fraction of sp³-hybridized carbons (Fsp3) is 1.00. The molecule has 0 heterocycles. The molecule has 3 unspecified atom stereocenters. The van der Waals surface area contributed by atoms with Gasteiger partial charge in [-0.3, -0.25) is 0 Å². The first-order valence-electron chi connectivity index (χ1n) is 5.42. The second-order valence-corrected chi connectivity index (χ2v) is 4.99. The Morgan fingerprint density at radius 2 is 1.47 bits per heavy atom. The second-order valence-electron chi connectivity index (χ2n) is 4.99. The standard InChI is InChI=1S/C11H24O4/c1-5-8(12)11(4,15)7-6-9(13)10(2,3)14/h8-9,12-15H,5-7H2,1-4H3. The molecule has 0 amide bonds. The van der Waals surface area contributed by atoms with Crippen LogP contribution in [0, 0.1) is 0 Å². The number of aliphatic hydroxyl groups is 4. The molecule has 0 aromatic heterocycles. The van der Waals surface area contributed by atoms with Crippen molar-refractivity contribution in [1.29, 1.82) is 0 Å². The first-order chi connectivity index (χ1) is 6.61. The van der Waals surface area contributed by atoms with Crippen LogP contribution in [-0.2, 0) is 0 Å². The summed E-state index contributed by atoms with van der Waals surface area (Å²) in [6.07, 6.45) is -0.716. The SMILES string of the molecule is CCC(O)C(C)(O)CCC(O)C(C)(C)O. The molecule has 0 rings (SSSR count). The van der Waals surface area contributed by atoms with Crippen molar-refractivity contribution in [2.24, 2.45) is 0 Å². The highest BCUT2D eigenvalue weighted by molar-refractivity contribution is 4.84. The maximum Gasteiger partial charge on any atom is 0.0878 e. The summed E-state index contributed by atoms with van der Waals surface area (Å²) >= 11 is 0. The molecule has 15 heavy (non-hydrogen) atoms. The molecule has 0 aromatic rings. The van der Waals surface area contributed by atoms with E-state index in [2.05, 4.69) is 0 Å². The molecule has 92 valence electrons. The maximum atomic E-state index is 9.85. The van der Waals surface area contributed by atoms with E-state index in [1.54, 1.807) is 6.92 Å². The van der Waals surface area contributed by atoms with E-state index >= 15 is 0 Å². The maximum absolute atomic E-state index is 9.85. The van der Waals surface area contributed by atoms with Gasteiger partial charge in [0.25, 0.3) is 0 Å². The van der Waals surface area contributed by atoms with Crippen molar-refractivity contribution in [3.63, 3.8) is 0 Å². The molecule has 0 aliphatic rings. The van der Waals surface area contributed by atoms with Gasteiger partial charge < -0.3 is 20.4 Å². The molecule has 0 bridgehead atoms. The minimum absolute atomic E-state index is 0.257. The van der Waals surface area contributed by atoms with Crippen molar-refractivity contribution in [3.8, 4) is 0 Å². The third kappa shape index (κ3) is 4.93. The van der Waals surface area contributed by atoms with E-state index in [4.69, 9.17) is 0 Å². The molecule has 0 spiro atoms.